The highest BCUT2D eigenvalue weighted by molar-refractivity contribution is 5.78. The summed E-state index contributed by atoms with van der Waals surface area (Å²) in [6.45, 7) is 2.44. The zero-order valence-corrected chi connectivity index (χ0v) is 12.2. The quantitative estimate of drug-likeness (QED) is 0.639. The molecule has 1 aromatic carbocycles. The Labute approximate surface area is 129 Å². The molecule has 23 heavy (non-hydrogen) atoms. The molecule has 1 fully saturated rings. The number of nitro groups is 1. The van der Waals surface area contributed by atoms with Crippen LogP contribution in [0.15, 0.2) is 18.2 Å². The molecule has 1 aliphatic rings. The van der Waals surface area contributed by atoms with Crippen LogP contribution in [0.25, 0.3) is 11.0 Å². The number of halogens is 3. The van der Waals surface area contributed by atoms with Gasteiger partial charge in [0.1, 0.15) is 0 Å². The highest BCUT2D eigenvalue weighted by Crippen LogP contribution is 2.32. The zero-order valence-electron chi connectivity index (χ0n) is 12.2. The lowest BCUT2D eigenvalue weighted by molar-refractivity contribution is -0.384. The molecule has 2 heterocycles. The molecule has 3 rings (SSSR count). The molecule has 1 aliphatic heterocycles. The molecule has 2 aromatic rings. The summed E-state index contributed by atoms with van der Waals surface area (Å²) in [5.41, 5.74) is -0.00881. The van der Waals surface area contributed by atoms with Gasteiger partial charge in [-0.2, -0.15) is 13.2 Å². The summed E-state index contributed by atoms with van der Waals surface area (Å²) < 4.78 is 40.8. The zero-order chi connectivity index (χ0) is 16.6. The minimum absolute atomic E-state index is 0.00653. The van der Waals surface area contributed by atoms with Crippen molar-refractivity contribution in [3.05, 3.63) is 34.1 Å². The number of alkyl halides is 3. The van der Waals surface area contributed by atoms with Gasteiger partial charge in [0, 0.05) is 25.2 Å². The van der Waals surface area contributed by atoms with Crippen LogP contribution in [-0.4, -0.2) is 39.0 Å². The van der Waals surface area contributed by atoms with Crippen LogP contribution in [0.1, 0.15) is 18.7 Å². The summed E-state index contributed by atoms with van der Waals surface area (Å²) in [5.74, 6) is -1.01. The first-order valence-electron chi connectivity index (χ1n) is 7.30. The van der Waals surface area contributed by atoms with Crippen LogP contribution in [0, 0.1) is 10.1 Å². The topological polar surface area (TPSA) is 64.2 Å². The van der Waals surface area contributed by atoms with Crippen molar-refractivity contribution in [2.45, 2.75) is 25.6 Å². The number of nitrogens with zero attached hydrogens (tertiary/aromatic N) is 4. The second-order valence-corrected chi connectivity index (χ2v) is 5.56. The summed E-state index contributed by atoms with van der Waals surface area (Å²) in [5, 5.41) is 10.8. The average molecular weight is 328 g/mol. The first-order valence-corrected chi connectivity index (χ1v) is 7.30. The number of likely N-dealkylation sites (tertiary alicyclic amines) is 1. The largest absolute Gasteiger partial charge is 0.449 e. The van der Waals surface area contributed by atoms with Crippen molar-refractivity contribution in [1.29, 1.82) is 0 Å². The number of imidazole rings is 1. The van der Waals surface area contributed by atoms with E-state index in [1.165, 1.54) is 12.1 Å². The molecule has 0 saturated carbocycles. The van der Waals surface area contributed by atoms with Crippen LogP contribution in [0.4, 0.5) is 18.9 Å². The van der Waals surface area contributed by atoms with E-state index in [2.05, 4.69) is 9.88 Å². The lowest BCUT2D eigenvalue weighted by Gasteiger charge is -2.17. The monoisotopic (exact) mass is 328 g/mol. The molecule has 0 aliphatic carbocycles. The Bertz CT molecular complexity index is 735. The Morgan fingerprint density at radius 1 is 1.22 bits per heavy atom. The number of benzene rings is 1. The van der Waals surface area contributed by atoms with Crippen molar-refractivity contribution >= 4 is 16.7 Å². The van der Waals surface area contributed by atoms with Gasteiger partial charge in [-0.05, 0) is 32.0 Å². The lowest BCUT2D eigenvalue weighted by Crippen LogP contribution is -2.26. The smallest absolute Gasteiger partial charge is 0.319 e. The van der Waals surface area contributed by atoms with Gasteiger partial charge < -0.3 is 9.47 Å². The maximum Gasteiger partial charge on any atom is 0.449 e. The first-order chi connectivity index (χ1) is 10.9. The molecule has 9 heteroatoms. The third-order valence-corrected chi connectivity index (χ3v) is 4.03. The molecule has 124 valence electrons. The van der Waals surface area contributed by atoms with E-state index in [-0.39, 0.29) is 23.3 Å². The SMILES string of the molecule is O=[N+]([O-])c1ccc2c(c1)nc(C(F)(F)F)n2CCN1CCCC1. The number of hydrogen-bond acceptors (Lipinski definition) is 4. The fourth-order valence-corrected chi connectivity index (χ4v) is 2.92. The number of hydrogen-bond donors (Lipinski definition) is 0. The van der Waals surface area contributed by atoms with Crippen molar-refractivity contribution in [3.63, 3.8) is 0 Å². The van der Waals surface area contributed by atoms with Gasteiger partial charge in [-0.1, -0.05) is 0 Å². The maximum absolute atomic E-state index is 13.2. The van der Waals surface area contributed by atoms with E-state index in [9.17, 15) is 23.3 Å². The predicted molar refractivity (Wildman–Crippen MR) is 77.1 cm³/mol. The highest BCUT2D eigenvalue weighted by Gasteiger charge is 2.37. The van der Waals surface area contributed by atoms with E-state index < -0.39 is 16.9 Å². The first kappa shape index (κ1) is 15.7. The fraction of sp³-hybridized carbons (Fsp3) is 0.500. The Morgan fingerprint density at radius 3 is 2.52 bits per heavy atom. The number of non-ortho nitro benzene ring substituents is 1. The second kappa shape index (κ2) is 5.80. The molecule has 0 spiro atoms. The Balaban J connectivity index is 1.99. The normalized spacial score (nSPS) is 16.3. The molecule has 1 saturated heterocycles. The van der Waals surface area contributed by atoms with Gasteiger partial charge in [-0.25, -0.2) is 4.98 Å². The predicted octanol–water partition coefficient (Wildman–Crippen LogP) is 3.06. The molecule has 0 N–H and O–H groups in total. The van der Waals surface area contributed by atoms with E-state index in [1.807, 2.05) is 0 Å². The molecule has 6 nitrogen and oxygen atoms in total. The molecule has 0 radical (unpaired) electrons. The number of fused-ring (bicyclic) bond motifs is 1. The van der Waals surface area contributed by atoms with E-state index in [4.69, 9.17) is 0 Å². The lowest BCUT2D eigenvalue weighted by atomic mass is 10.3. The molecule has 0 unspecified atom stereocenters. The van der Waals surface area contributed by atoms with Gasteiger partial charge in [0.05, 0.1) is 16.0 Å². The van der Waals surface area contributed by atoms with Crippen LogP contribution >= 0.6 is 0 Å². The molecule has 0 atom stereocenters. The van der Waals surface area contributed by atoms with E-state index >= 15 is 0 Å². The highest BCUT2D eigenvalue weighted by atomic mass is 19.4. The van der Waals surface area contributed by atoms with Gasteiger partial charge in [-0.15, -0.1) is 0 Å². The van der Waals surface area contributed by atoms with Gasteiger partial charge in [-0.3, -0.25) is 10.1 Å². The number of nitro benzene ring substituents is 1. The molecule has 0 bridgehead atoms. The summed E-state index contributed by atoms with van der Waals surface area (Å²) in [4.78, 5) is 15.8. The Hall–Kier alpha value is -2.16. The standard InChI is InChI=1S/C14H15F3N4O2/c15-14(16,17)13-18-11-9-10(21(22)23)3-4-12(11)20(13)8-7-19-5-1-2-6-19/h3-4,9H,1-2,5-8H2. The number of rotatable bonds is 4. The van der Waals surface area contributed by atoms with Crippen molar-refractivity contribution in [2.75, 3.05) is 19.6 Å². The third-order valence-electron chi connectivity index (χ3n) is 4.03. The van der Waals surface area contributed by atoms with Crippen LogP contribution < -0.4 is 0 Å². The van der Waals surface area contributed by atoms with Crippen molar-refractivity contribution in [3.8, 4) is 0 Å². The van der Waals surface area contributed by atoms with E-state index in [1.54, 1.807) is 0 Å². The van der Waals surface area contributed by atoms with Crippen molar-refractivity contribution in [1.82, 2.24) is 14.5 Å². The fourth-order valence-electron chi connectivity index (χ4n) is 2.92. The van der Waals surface area contributed by atoms with Gasteiger partial charge >= 0.3 is 6.18 Å². The minimum atomic E-state index is -4.60. The van der Waals surface area contributed by atoms with Crippen molar-refractivity contribution < 1.29 is 18.1 Å². The van der Waals surface area contributed by atoms with Crippen molar-refractivity contribution in [2.24, 2.45) is 0 Å². The Morgan fingerprint density at radius 2 is 1.91 bits per heavy atom. The van der Waals surface area contributed by atoms with E-state index in [0.717, 1.165) is 36.6 Å². The summed E-state index contributed by atoms with van der Waals surface area (Å²) in [6.07, 6.45) is -2.48. The number of aromatic nitrogens is 2. The third kappa shape index (κ3) is 3.14. The summed E-state index contributed by atoms with van der Waals surface area (Å²) in [7, 11) is 0. The van der Waals surface area contributed by atoms with E-state index in [0.29, 0.717) is 6.54 Å². The second-order valence-electron chi connectivity index (χ2n) is 5.56. The molecular weight excluding hydrogens is 313 g/mol. The van der Waals surface area contributed by atoms with Gasteiger partial charge in [0.25, 0.3) is 5.69 Å². The van der Waals surface area contributed by atoms with Crippen LogP contribution in [0.3, 0.4) is 0 Å². The molecule has 1 aromatic heterocycles. The average Bonchev–Trinajstić information content (AvgIpc) is 3.11. The van der Waals surface area contributed by atoms with Crippen LogP contribution in [0.5, 0.6) is 0 Å². The van der Waals surface area contributed by atoms with Gasteiger partial charge in [0.15, 0.2) is 0 Å². The van der Waals surface area contributed by atoms with Gasteiger partial charge in [0.2, 0.25) is 5.82 Å². The summed E-state index contributed by atoms with van der Waals surface area (Å²) >= 11 is 0. The molecular formula is C14H15F3N4O2. The Kier molecular flexibility index (Phi) is 3.97. The van der Waals surface area contributed by atoms with Crippen LogP contribution in [0.2, 0.25) is 0 Å². The summed E-state index contributed by atoms with van der Waals surface area (Å²) in [6, 6.07) is 3.62. The maximum atomic E-state index is 13.2. The van der Waals surface area contributed by atoms with Crippen LogP contribution in [-0.2, 0) is 12.7 Å². The molecule has 0 amide bonds. The minimum Gasteiger partial charge on any atom is -0.319 e.